The van der Waals surface area contributed by atoms with Gasteiger partial charge in [-0.05, 0) is 96.4 Å². The van der Waals surface area contributed by atoms with E-state index in [0.717, 1.165) is 0 Å². The van der Waals surface area contributed by atoms with E-state index in [2.05, 4.69) is 138 Å². The van der Waals surface area contributed by atoms with Crippen LogP contribution in [0.1, 0.15) is 22.3 Å². The standard InChI is InChI=1S/C31H19I/c32-22-16-13-20(14-17-22)21-15-18-26-25-9-3-6-12-29(25)31(30(26)19-21)27-10-4-1-7-23(27)24-8-2-5-11-28(24)31/h1-19H. The predicted octanol–water partition coefficient (Wildman–Crippen LogP) is 8.30. The highest BCUT2D eigenvalue weighted by Gasteiger charge is 2.51. The van der Waals surface area contributed by atoms with Crippen LogP contribution in [-0.4, -0.2) is 0 Å². The summed E-state index contributed by atoms with van der Waals surface area (Å²) < 4.78 is 1.26. The summed E-state index contributed by atoms with van der Waals surface area (Å²) in [4.78, 5) is 0. The second-order valence-electron chi connectivity index (χ2n) is 8.65. The molecule has 32 heavy (non-hydrogen) atoms. The lowest BCUT2D eigenvalue weighted by Crippen LogP contribution is -2.25. The van der Waals surface area contributed by atoms with Gasteiger partial charge >= 0.3 is 0 Å². The quantitative estimate of drug-likeness (QED) is 0.192. The van der Waals surface area contributed by atoms with Crippen molar-refractivity contribution >= 4 is 22.6 Å². The van der Waals surface area contributed by atoms with Crippen molar-refractivity contribution in [2.24, 2.45) is 0 Å². The zero-order valence-corrected chi connectivity index (χ0v) is 19.5. The van der Waals surface area contributed by atoms with Gasteiger partial charge in [0.25, 0.3) is 0 Å². The molecule has 0 radical (unpaired) electrons. The molecule has 150 valence electrons. The molecular weight excluding hydrogens is 499 g/mol. The zero-order valence-electron chi connectivity index (χ0n) is 17.3. The van der Waals surface area contributed by atoms with E-state index in [0.29, 0.717) is 0 Å². The maximum Gasteiger partial charge on any atom is 0.0725 e. The highest BCUT2D eigenvalue weighted by Crippen LogP contribution is 2.62. The Labute approximate surface area is 201 Å². The number of benzene rings is 5. The third kappa shape index (κ3) is 2.27. The maximum atomic E-state index is 2.44. The fraction of sp³-hybridized carbons (Fsp3) is 0.0323. The number of halogens is 1. The van der Waals surface area contributed by atoms with E-state index in [9.17, 15) is 0 Å². The minimum atomic E-state index is -0.266. The smallest absolute Gasteiger partial charge is 0.0619 e. The summed E-state index contributed by atoms with van der Waals surface area (Å²) in [6.45, 7) is 0. The summed E-state index contributed by atoms with van der Waals surface area (Å²) >= 11 is 2.37. The van der Waals surface area contributed by atoms with Crippen molar-refractivity contribution in [1.29, 1.82) is 0 Å². The fourth-order valence-electron chi connectivity index (χ4n) is 5.92. The summed E-state index contributed by atoms with van der Waals surface area (Å²) in [7, 11) is 0. The Morgan fingerprint density at radius 1 is 0.406 bits per heavy atom. The SMILES string of the molecule is Ic1ccc(-c2ccc3c(c2)C2(c4ccccc4-c4ccccc42)c2ccccc2-3)cc1. The Balaban J connectivity index is 1.61. The predicted molar refractivity (Wildman–Crippen MR) is 141 cm³/mol. The molecular formula is C31H19I. The first-order chi connectivity index (χ1) is 15.8. The van der Waals surface area contributed by atoms with Crippen LogP contribution >= 0.6 is 22.6 Å². The van der Waals surface area contributed by atoms with E-state index in [-0.39, 0.29) is 5.41 Å². The minimum absolute atomic E-state index is 0.266. The molecule has 2 aliphatic rings. The molecule has 5 aromatic rings. The Bertz CT molecular complexity index is 1460. The molecule has 0 saturated heterocycles. The van der Waals surface area contributed by atoms with Gasteiger partial charge < -0.3 is 0 Å². The first kappa shape index (κ1) is 18.4. The van der Waals surface area contributed by atoms with Gasteiger partial charge in [0.1, 0.15) is 0 Å². The van der Waals surface area contributed by atoms with E-state index in [4.69, 9.17) is 0 Å². The van der Waals surface area contributed by atoms with Gasteiger partial charge in [0, 0.05) is 3.57 Å². The zero-order chi connectivity index (χ0) is 21.3. The van der Waals surface area contributed by atoms with Crippen molar-refractivity contribution in [3.8, 4) is 33.4 Å². The number of hydrogen-bond donors (Lipinski definition) is 0. The van der Waals surface area contributed by atoms with E-state index >= 15 is 0 Å². The fourth-order valence-corrected chi connectivity index (χ4v) is 6.28. The van der Waals surface area contributed by atoms with Crippen LogP contribution < -0.4 is 0 Å². The molecule has 0 N–H and O–H groups in total. The second kappa shape index (κ2) is 6.66. The molecule has 0 saturated carbocycles. The molecule has 0 fully saturated rings. The van der Waals surface area contributed by atoms with Crippen LogP contribution in [0.4, 0.5) is 0 Å². The van der Waals surface area contributed by atoms with Gasteiger partial charge in [0.15, 0.2) is 0 Å². The molecule has 0 amide bonds. The van der Waals surface area contributed by atoms with Crippen LogP contribution in [0.25, 0.3) is 33.4 Å². The lowest BCUT2D eigenvalue weighted by molar-refractivity contribution is 0.794. The van der Waals surface area contributed by atoms with E-state index < -0.39 is 0 Å². The first-order valence-electron chi connectivity index (χ1n) is 11.0. The monoisotopic (exact) mass is 518 g/mol. The van der Waals surface area contributed by atoms with Gasteiger partial charge in [0.2, 0.25) is 0 Å². The Morgan fingerprint density at radius 2 is 0.844 bits per heavy atom. The summed E-state index contributed by atoms with van der Waals surface area (Å²) in [5, 5.41) is 0. The second-order valence-corrected chi connectivity index (χ2v) is 9.90. The molecule has 0 heterocycles. The molecule has 2 aliphatic carbocycles. The van der Waals surface area contributed by atoms with E-state index in [1.54, 1.807) is 0 Å². The van der Waals surface area contributed by atoms with Crippen LogP contribution in [0.5, 0.6) is 0 Å². The highest BCUT2D eigenvalue weighted by molar-refractivity contribution is 14.1. The van der Waals surface area contributed by atoms with Gasteiger partial charge in [0.05, 0.1) is 5.41 Å². The van der Waals surface area contributed by atoms with Gasteiger partial charge in [-0.3, -0.25) is 0 Å². The van der Waals surface area contributed by atoms with E-state index in [1.165, 1.54) is 59.2 Å². The summed E-state index contributed by atoms with van der Waals surface area (Å²) in [5.41, 5.74) is 13.3. The van der Waals surface area contributed by atoms with Crippen molar-refractivity contribution in [2.45, 2.75) is 5.41 Å². The maximum absolute atomic E-state index is 2.44. The summed E-state index contributed by atoms with van der Waals surface area (Å²) in [6, 6.07) is 42.8. The molecule has 0 aliphatic heterocycles. The number of fused-ring (bicyclic) bond motifs is 10. The molecule has 1 heteroatoms. The molecule has 0 atom stereocenters. The van der Waals surface area contributed by atoms with Crippen molar-refractivity contribution in [3.05, 3.63) is 141 Å². The summed E-state index contributed by atoms with van der Waals surface area (Å²) in [5.74, 6) is 0. The van der Waals surface area contributed by atoms with Crippen LogP contribution in [0.3, 0.4) is 0 Å². The average Bonchev–Trinajstić information content (AvgIpc) is 3.32. The highest BCUT2D eigenvalue weighted by atomic mass is 127. The average molecular weight is 518 g/mol. The Hall–Kier alpha value is -3.17. The third-order valence-corrected chi connectivity index (χ3v) is 7.89. The molecule has 0 nitrogen and oxygen atoms in total. The molecule has 5 aromatic carbocycles. The van der Waals surface area contributed by atoms with Crippen LogP contribution in [-0.2, 0) is 5.41 Å². The molecule has 0 bridgehead atoms. The van der Waals surface area contributed by atoms with Crippen molar-refractivity contribution < 1.29 is 0 Å². The normalized spacial score (nSPS) is 14.0. The largest absolute Gasteiger partial charge is 0.0725 e. The molecule has 0 unspecified atom stereocenters. The number of hydrogen-bond acceptors (Lipinski definition) is 0. The van der Waals surface area contributed by atoms with Gasteiger partial charge in [-0.25, -0.2) is 0 Å². The topological polar surface area (TPSA) is 0 Å². The lowest BCUT2D eigenvalue weighted by Gasteiger charge is -2.30. The molecule has 0 aromatic heterocycles. The third-order valence-electron chi connectivity index (χ3n) is 7.17. The Morgan fingerprint density at radius 3 is 1.38 bits per heavy atom. The van der Waals surface area contributed by atoms with Crippen molar-refractivity contribution in [1.82, 2.24) is 0 Å². The van der Waals surface area contributed by atoms with E-state index in [1.807, 2.05) is 0 Å². The van der Waals surface area contributed by atoms with Crippen LogP contribution in [0.15, 0.2) is 115 Å². The number of rotatable bonds is 1. The molecule has 7 rings (SSSR count). The van der Waals surface area contributed by atoms with Crippen molar-refractivity contribution in [2.75, 3.05) is 0 Å². The van der Waals surface area contributed by atoms with Gasteiger partial charge in [-0.15, -0.1) is 0 Å². The lowest BCUT2D eigenvalue weighted by atomic mass is 9.70. The first-order valence-corrected chi connectivity index (χ1v) is 12.1. The van der Waals surface area contributed by atoms with Crippen LogP contribution in [0, 0.1) is 3.57 Å². The van der Waals surface area contributed by atoms with Crippen molar-refractivity contribution in [3.63, 3.8) is 0 Å². The van der Waals surface area contributed by atoms with Gasteiger partial charge in [-0.2, -0.15) is 0 Å². The summed E-state index contributed by atoms with van der Waals surface area (Å²) in [6.07, 6.45) is 0. The van der Waals surface area contributed by atoms with Gasteiger partial charge in [-0.1, -0.05) is 97.1 Å². The minimum Gasteiger partial charge on any atom is -0.0619 e. The van der Waals surface area contributed by atoms with Crippen LogP contribution in [0.2, 0.25) is 0 Å². The molecule has 1 spiro atoms. The Kier molecular flexibility index (Phi) is 3.83.